The van der Waals surface area contributed by atoms with Crippen molar-refractivity contribution >= 4 is 46.4 Å². The Morgan fingerprint density at radius 1 is 1.25 bits per heavy atom. The van der Waals surface area contributed by atoms with Gasteiger partial charge in [-0.1, -0.05) is 23.7 Å². The van der Waals surface area contributed by atoms with Gasteiger partial charge in [0.1, 0.15) is 0 Å². The van der Waals surface area contributed by atoms with E-state index in [1.165, 1.54) is 0 Å². The number of hydrazone groups is 1. The zero-order valence-corrected chi connectivity index (χ0v) is 10.5. The van der Waals surface area contributed by atoms with Crippen LogP contribution in [0.25, 0.3) is 0 Å². The second kappa shape index (κ2) is 6.74. The fourth-order valence-corrected chi connectivity index (χ4v) is 1.56. The van der Waals surface area contributed by atoms with E-state index in [1.54, 1.807) is 24.3 Å². The number of benzene rings is 1. The van der Waals surface area contributed by atoms with Gasteiger partial charge in [0.15, 0.2) is 0 Å². The van der Waals surface area contributed by atoms with E-state index in [1.807, 2.05) is 0 Å². The molecule has 86 valence electrons. The highest BCUT2D eigenvalue weighted by Crippen LogP contribution is 2.14. The third-order valence-corrected chi connectivity index (χ3v) is 2.69. The van der Waals surface area contributed by atoms with Gasteiger partial charge < -0.3 is 0 Å². The molecular formula is C10H9Cl3N2O. The van der Waals surface area contributed by atoms with Gasteiger partial charge in [0.2, 0.25) is 0 Å². The molecule has 0 radical (unpaired) electrons. The quantitative estimate of drug-likeness (QED) is 0.514. The lowest BCUT2D eigenvalue weighted by Crippen LogP contribution is -2.21. The van der Waals surface area contributed by atoms with Crippen molar-refractivity contribution in [1.29, 1.82) is 0 Å². The van der Waals surface area contributed by atoms with Crippen LogP contribution in [0.4, 0.5) is 0 Å². The number of nitrogens with zero attached hydrogens (tertiary/aromatic N) is 1. The standard InChI is InChI=1S/C10H9Cl3N2O/c11-5-7(6-12)14-15-10(16)8-3-1-2-4-9(8)13/h1-4H,5-6H2,(H,15,16). The fourth-order valence-electron chi connectivity index (χ4n) is 0.931. The van der Waals surface area contributed by atoms with Crippen LogP contribution in [0, 0.1) is 0 Å². The van der Waals surface area contributed by atoms with Crippen molar-refractivity contribution in [3.8, 4) is 0 Å². The molecule has 0 saturated carbocycles. The molecule has 16 heavy (non-hydrogen) atoms. The lowest BCUT2D eigenvalue weighted by molar-refractivity contribution is 0.0955. The maximum absolute atomic E-state index is 11.6. The maximum atomic E-state index is 11.6. The van der Waals surface area contributed by atoms with E-state index >= 15 is 0 Å². The first-order valence-corrected chi connectivity index (χ1v) is 5.86. The second-order valence-corrected chi connectivity index (χ2v) is 3.81. The number of nitrogens with one attached hydrogen (secondary N) is 1. The molecule has 3 nitrogen and oxygen atoms in total. The van der Waals surface area contributed by atoms with Crippen LogP contribution < -0.4 is 5.43 Å². The molecule has 1 rings (SSSR count). The molecule has 0 bridgehead atoms. The number of halogens is 3. The average molecular weight is 280 g/mol. The van der Waals surface area contributed by atoms with Gasteiger partial charge in [0, 0.05) is 0 Å². The van der Waals surface area contributed by atoms with Gasteiger partial charge >= 0.3 is 0 Å². The molecular weight excluding hydrogens is 270 g/mol. The smallest absolute Gasteiger partial charge is 0.267 e. The number of amides is 1. The van der Waals surface area contributed by atoms with Crippen LogP contribution in [0.3, 0.4) is 0 Å². The van der Waals surface area contributed by atoms with Gasteiger partial charge in [-0.25, -0.2) is 5.43 Å². The number of hydrogen-bond donors (Lipinski definition) is 1. The number of carbonyl (C=O) groups excluding carboxylic acids is 1. The Balaban J connectivity index is 2.74. The molecule has 0 aliphatic rings. The first-order valence-electron chi connectivity index (χ1n) is 4.41. The van der Waals surface area contributed by atoms with Crippen LogP contribution >= 0.6 is 34.8 Å². The Morgan fingerprint density at radius 2 is 1.88 bits per heavy atom. The van der Waals surface area contributed by atoms with Gasteiger partial charge in [0.05, 0.1) is 28.1 Å². The average Bonchev–Trinajstić information content (AvgIpc) is 2.30. The number of rotatable bonds is 4. The molecule has 1 aromatic rings. The van der Waals surface area contributed by atoms with Crippen LogP contribution in [-0.4, -0.2) is 23.4 Å². The SMILES string of the molecule is O=C(NN=C(CCl)CCl)c1ccccc1Cl. The molecule has 0 spiro atoms. The zero-order valence-electron chi connectivity index (χ0n) is 8.21. The second-order valence-electron chi connectivity index (χ2n) is 2.87. The van der Waals surface area contributed by atoms with E-state index in [2.05, 4.69) is 10.5 Å². The third kappa shape index (κ3) is 3.67. The van der Waals surface area contributed by atoms with Crippen LogP contribution in [0.2, 0.25) is 5.02 Å². The Hall–Kier alpha value is -0.770. The molecule has 0 heterocycles. The predicted molar refractivity (Wildman–Crippen MR) is 67.8 cm³/mol. The molecule has 0 atom stereocenters. The predicted octanol–water partition coefficient (Wildman–Crippen LogP) is 2.90. The minimum atomic E-state index is -0.390. The van der Waals surface area contributed by atoms with E-state index in [0.29, 0.717) is 16.3 Å². The highest BCUT2D eigenvalue weighted by Gasteiger charge is 2.08. The van der Waals surface area contributed by atoms with Crippen molar-refractivity contribution < 1.29 is 4.79 Å². The molecule has 0 aliphatic carbocycles. The molecule has 6 heteroatoms. The Kier molecular flexibility index (Phi) is 5.60. The summed E-state index contributed by atoms with van der Waals surface area (Å²) in [5, 5.41) is 4.14. The minimum Gasteiger partial charge on any atom is -0.267 e. The first-order chi connectivity index (χ1) is 7.69. The molecule has 0 aliphatic heterocycles. The third-order valence-electron chi connectivity index (χ3n) is 1.74. The van der Waals surface area contributed by atoms with Crippen LogP contribution in [-0.2, 0) is 0 Å². The number of hydrogen-bond acceptors (Lipinski definition) is 2. The van der Waals surface area contributed by atoms with Crippen molar-refractivity contribution in [3.63, 3.8) is 0 Å². The fraction of sp³-hybridized carbons (Fsp3) is 0.200. The summed E-state index contributed by atoms with van der Waals surface area (Å²) in [4.78, 5) is 11.6. The summed E-state index contributed by atoms with van der Waals surface area (Å²) in [6, 6.07) is 6.69. The van der Waals surface area contributed by atoms with E-state index in [4.69, 9.17) is 34.8 Å². The summed E-state index contributed by atoms with van der Waals surface area (Å²) in [5.41, 5.74) is 3.18. The van der Waals surface area contributed by atoms with E-state index in [-0.39, 0.29) is 11.8 Å². The molecule has 0 aromatic heterocycles. The monoisotopic (exact) mass is 278 g/mol. The summed E-state index contributed by atoms with van der Waals surface area (Å²) >= 11 is 16.9. The normalized spacial score (nSPS) is 9.69. The molecule has 0 fully saturated rings. The first kappa shape index (κ1) is 13.3. The van der Waals surface area contributed by atoms with Crippen LogP contribution in [0.1, 0.15) is 10.4 Å². The Bertz CT molecular complexity index is 401. The van der Waals surface area contributed by atoms with Crippen LogP contribution in [0.15, 0.2) is 29.4 Å². The highest BCUT2D eigenvalue weighted by atomic mass is 35.5. The Labute approximate surface area is 108 Å². The van der Waals surface area contributed by atoms with E-state index in [9.17, 15) is 4.79 Å². The van der Waals surface area contributed by atoms with E-state index in [0.717, 1.165) is 0 Å². The van der Waals surface area contributed by atoms with Gasteiger partial charge in [-0.2, -0.15) is 5.10 Å². The van der Waals surface area contributed by atoms with Crippen molar-refractivity contribution in [1.82, 2.24) is 5.43 Å². The van der Waals surface area contributed by atoms with Crippen molar-refractivity contribution in [2.75, 3.05) is 11.8 Å². The lowest BCUT2D eigenvalue weighted by Gasteiger charge is -2.03. The topological polar surface area (TPSA) is 41.5 Å². The van der Waals surface area contributed by atoms with Crippen molar-refractivity contribution in [2.45, 2.75) is 0 Å². The van der Waals surface area contributed by atoms with Crippen LogP contribution in [0.5, 0.6) is 0 Å². The van der Waals surface area contributed by atoms with Gasteiger partial charge in [0.25, 0.3) is 5.91 Å². The van der Waals surface area contributed by atoms with Crippen molar-refractivity contribution in [2.24, 2.45) is 5.10 Å². The lowest BCUT2D eigenvalue weighted by atomic mass is 10.2. The zero-order chi connectivity index (χ0) is 12.0. The summed E-state index contributed by atoms with van der Waals surface area (Å²) in [6.07, 6.45) is 0. The van der Waals surface area contributed by atoms with Gasteiger partial charge in [-0.15, -0.1) is 23.2 Å². The molecule has 1 amide bonds. The number of carbonyl (C=O) groups is 1. The van der Waals surface area contributed by atoms with Crippen molar-refractivity contribution in [3.05, 3.63) is 34.9 Å². The van der Waals surface area contributed by atoms with Gasteiger partial charge in [-0.3, -0.25) is 4.79 Å². The summed E-state index contributed by atoms with van der Waals surface area (Å²) in [5.74, 6) is -0.0446. The Morgan fingerprint density at radius 3 is 2.44 bits per heavy atom. The highest BCUT2D eigenvalue weighted by molar-refractivity contribution is 6.37. The maximum Gasteiger partial charge on any atom is 0.272 e. The summed E-state index contributed by atoms with van der Waals surface area (Å²) in [7, 11) is 0. The summed E-state index contributed by atoms with van der Waals surface area (Å²) in [6.45, 7) is 0. The number of alkyl halides is 2. The molecule has 1 aromatic carbocycles. The summed E-state index contributed by atoms with van der Waals surface area (Å²) < 4.78 is 0. The van der Waals surface area contributed by atoms with E-state index < -0.39 is 5.91 Å². The largest absolute Gasteiger partial charge is 0.272 e. The minimum absolute atomic E-state index is 0.173. The molecule has 1 N–H and O–H groups in total. The molecule has 0 saturated heterocycles. The molecule has 0 unspecified atom stereocenters. The van der Waals surface area contributed by atoms with Gasteiger partial charge in [-0.05, 0) is 12.1 Å².